The molecule has 4 aromatic rings. The summed E-state index contributed by atoms with van der Waals surface area (Å²) in [5.41, 5.74) is 25.1. The van der Waals surface area contributed by atoms with Crippen LogP contribution in [0.2, 0.25) is 0 Å². The molecule has 0 unspecified atom stereocenters. The molecule has 0 bridgehead atoms. The van der Waals surface area contributed by atoms with Gasteiger partial charge in [0.1, 0.15) is 36.3 Å². The number of amides is 7. The second-order valence-electron chi connectivity index (χ2n) is 18.4. The third-order valence-corrected chi connectivity index (χ3v) is 12.3. The summed E-state index contributed by atoms with van der Waals surface area (Å²) in [6.45, 7) is 1.62. The Morgan fingerprint density at radius 3 is 1.86 bits per heavy atom. The Hall–Kier alpha value is -8.39. The first-order valence-electron chi connectivity index (χ1n) is 25.5. The molecule has 0 saturated carbocycles. The van der Waals surface area contributed by atoms with Gasteiger partial charge in [-0.15, -0.1) is 0 Å². The number of hydrogen-bond acceptors (Lipinski definition) is 13. The number of carbonyl (C=O) groups is 9. The number of nitrogens with one attached hydrogen (secondary N) is 9. The molecule has 0 saturated heterocycles. The average Bonchev–Trinajstić information content (AvgIpc) is 4.08. The van der Waals surface area contributed by atoms with Gasteiger partial charge < -0.3 is 80.3 Å². The third-order valence-electron chi connectivity index (χ3n) is 12.3. The molecule has 418 valence electrons. The molecule has 26 nitrogen and oxygen atoms in total. The molecule has 0 spiro atoms. The molecule has 4 rings (SSSR count). The van der Waals surface area contributed by atoms with Crippen LogP contribution in [-0.2, 0) is 62.4 Å². The highest BCUT2D eigenvalue weighted by Gasteiger charge is 2.34. The maximum Gasteiger partial charge on any atom is 0.326 e. The second-order valence-corrected chi connectivity index (χ2v) is 18.4. The molecule has 0 radical (unpaired) electrons. The average molecular weight is 1070 g/mol. The predicted molar refractivity (Wildman–Crippen MR) is 284 cm³/mol. The van der Waals surface area contributed by atoms with Crippen LogP contribution in [0.4, 0.5) is 0 Å². The van der Waals surface area contributed by atoms with E-state index in [0.717, 1.165) is 17.3 Å². The smallest absolute Gasteiger partial charge is 0.326 e. The van der Waals surface area contributed by atoms with E-state index in [1.807, 2.05) is 19.1 Å². The molecule has 0 aliphatic carbocycles. The molecule has 77 heavy (non-hydrogen) atoms. The van der Waals surface area contributed by atoms with Crippen LogP contribution in [0.15, 0.2) is 78.3 Å². The number of benzene rings is 2. The number of nitrogens with two attached hydrogens (primary N) is 4. The van der Waals surface area contributed by atoms with Gasteiger partial charge in [-0.2, -0.15) is 0 Å². The molecule has 26 heteroatoms. The van der Waals surface area contributed by atoms with Crippen molar-refractivity contribution >= 4 is 70.2 Å². The Kier molecular flexibility index (Phi) is 25.5. The second kappa shape index (κ2) is 32.1. The minimum atomic E-state index is -1.46. The van der Waals surface area contributed by atoms with Crippen molar-refractivity contribution in [1.29, 1.82) is 0 Å². The van der Waals surface area contributed by atoms with Gasteiger partial charge in [-0.1, -0.05) is 68.3 Å². The quantitative estimate of drug-likeness (QED) is 0.0143. The van der Waals surface area contributed by atoms with Crippen LogP contribution >= 0.6 is 0 Å². The van der Waals surface area contributed by atoms with E-state index in [4.69, 9.17) is 22.9 Å². The first-order valence-corrected chi connectivity index (χ1v) is 25.5. The van der Waals surface area contributed by atoms with Crippen LogP contribution in [-0.4, -0.2) is 146 Å². The van der Waals surface area contributed by atoms with E-state index in [1.54, 1.807) is 48.7 Å². The highest BCUT2D eigenvalue weighted by Crippen LogP contribution is 2.20. The standard InChI is InChI=1S/C51H73N15O11/c1-2-3-15-34(53)44(70)62-37(19-20-43(68)69)47(73)66-41(25-32-27-56-29-60-32)49(75)64-39(23-30-12-5-4-6-13-30)48(74)63-36(18-11-22-57-51(54)55)46(72)65-40(24-31-26-58-35-16-8-7-14-33(31)35)45(71)59-28-42(67)61-38(50(76)77)17-9-10-21-52/h4-8,12-14,16,26-27,29,34,36-41,58H,2-3,9-11,15,17-25,28,52-53H2,1H3,(H,56,60)(H,59,71)(H,61,67)(H,62,70)(H,63,74)(H,64,75)(H,65,72)(H,66,73)(H,68,69)(H,76,77)(H4,54,55,57)/t34-,36+,37-,38-,39-,40-,41-/m0/s1. The predicted octanol–water partition coefficient (Wildman–Crippen LogP) is -1.41. The summed E-state index contributed by atoms with van der Waals surface area (Å²) in [5, 5.41) is 38.1. The number of imidazole rings is 1. The summed E-state index contributed by atoms with van der Waals surface area (Å²) in [6.07, 6.45) is 5.86. The number of carboxylic acid groups (broad SMARTS) is 2. The SMILES string of the molecule is CCCC[C@H](N)C(=O)N[C@@H](CCC(=O)O)C(=O)N[C@@H](Cc1cnc[nH]1)C(=O)N[C@@H](Cc1ccccc1)C(=O)N[C@H](CCCN=C(N)N)C(=O)N[C@@H](Cc1c[nH]c2ccccc12)C(=O)NCC(=O)N[C@@H](CCCCN)C(=O)O. The van der Waals surface area contributed by atoms with E-state index in [0.29, 0.717) is 49.0 Å². The van der Waals surface area contributed by atoms with E-state index < -0.39 is 109 Å². The maximum atomic E-state index is 14.7. The first kappa shape index (κ1) is 61.2. The van der Waals surface area contributed by atoms with Crippen molar-refractivity contribution in [3.8, 4) is 0 Å². The summed E-state index contributed by atoms with van der Waals surface area (Å²) >= 11 is 0. The highest BCUT2D eigenvalue weighted by molar-refractivity contribution is 5.98. The van der Waals surface area contributed by atoms with Gasteiger partial charge in [0.2, 0.25) is 41.4 Å². The molecule has 7 atom stereocenters. The number of nitrogens with zero attached hydrogens (tertiary/aromatic N) is 2. The molecule has 2 heterocycles. The van der Waals surface area contributed by atoms with Crippen molar-refractivity contribution in [2.24, 2.45) is 27.9 Å². The summed E-state index contributed by atoms with van der Waals surface area (Å²) in [5.74, 6) is -8.55. The number of aliphatic imine (C=N–C) groups is 1. The van der Waals surface area contributed by atoms with Crippen LogP contribution in [0, 0.1) is 0 Å². The molecule has 0 aliphatic heterocycles. The zero-order valence-electron chi connectivity index (χ0n) is 43.1. The van der Waals surface area contributed by atoms with E-state index in [-0.39, 0.29) is 57.5 Å². The Balaban J connectivity index is 1.65. The van der Waals surface area contributed by atoms with E-state index in [9.17, 15) is 53.4 Å². The van der Waals surface area contributed by atoms with Gasteiger partial charge in [0.15, 0.2) is 5.96 Å². The third kappa shape index (κ3) is 21.4. The highest BCUT2D eigenvalue weighted by atomic mass is 16.4. The van der Waals surface area contributed by atoms with Crippen LogP contribution in [0.25, 0.3) is 10.9 Å². The number of rotatable bonds is 35. The summed E-state index contributed by atoms with van der Waals surface area (Å²) in [6, 6.07) is 6.44. The van der Waals surface area contributed by atoms with E-state index in [1.165, 1.54) is 12.5 Å². The summed E-state index contributed by atoms with van der Waals surface area (Å²) in [7, 11) is 0. The minimum absolute atomic E-state index is 0.0255. The minimum Gasteiger partial charge on any atom is -0.481 e. The van der Waals surface area contributed by atoms with Crippen molar-refractivity contribution in [3.63, 3.8) is 0 Å². The number of aromatic nitrogens is 3. The number of guanidine groups is 1. The van der Waals surface area contributed by atoms with Gasteiger partial charge >= 0.3 is 11.9 Å². The van der Waals surface area contributed by atoms with Crippen molar-refractivity contribution in [3.05, 3.63) is 90.1 Å². The number of carbonyl (C=O) groups excluding carboxylic acids is 7. The molecule has 0 fully saturated rings. The fourth-order valence-corrected chi connectivity index (χ4v) is 8.13. The Morgan fingerprint density at radius 2 is 1.23 bits per heavy atom. The number of aromatic amines is 2. The number of carboxylic acids is 2. The van der Waals surface area contributed by atoms with Crippen LogP contribution in [0.1, 0.15) is 88.0 Å². The van der Waals surface area contributed by atoms with Crippen LogP contribution in [0.3, 0.4) is 0 Å². The molecule has 2 aromatic heterocycles. The molecule has 2 aromatic carbocycles. The van der Waals surface area contributed by atoms with Crippen LogP contribution < -0.4 is 60.2 Å². The molecule has 19 N–H and O–H groups in total. The molecule has 0 aliphatic rings. The Morgan fingerprint density at radius 1 is 0.636 bits per heavy atom. The fraction of sp³-hybridized carbons (Fsp3) is 0.471. The number of H-pyrrole nitrogens is 2. The largest absolute Gasteiger partial charge is 0.481 e. The van der Waals surface area contributed by atoms with Gasteiger partial charge in [-0.05, 0) is 68.7 Å². The lowest BCUT2D eigenvalue weighted by Crippen LogP contribution is -2.60. The number of fused-ring (bicyclic) bond motifs is 1. The van der Waals surface area contributed by atoms with Crippen LogP contribution in [0.5, 0.6) is 0 Å². The monoisotopic (exact) mass is 1070 g/mol. The molecular weight excluding hydrogens is 999 g/mol. The van der Waals surface area contributed by atoms with E-state index >= 15 is 0 Å². The van der Waals surface area contributed by atoms with Crippen molar-refractivity contribution in [2.75, 3.05) is 19.6 Å². The van der Waals surface area contributed by atoms with E-state index in [2.05, 4.69) is 57.2 Å². The normalized spacial score (nSPS) is 13.8. The van der Waals surface area contributed by atoms with Gasteiger partial charge in [0.05, 0.1) is 18.9 Å². The lowest BCUT2D eigenvalue weighted by molar-refractivity contribution is -0.142. The number of hydrogen-bond donors (Lipinski definition) is 15. The lowest BCUT2D eigenvalue weighted by Gasteiger charge is -2.27. The van der Waals surface area contributed by atoms with Crippen molar-refractivity contribution in [2.45, 2.75) is 133 Å². The number of aliphatic carboxylic acids is 2. The van der Waals surface area contributed by atoms with Crippen molar-refractivity contribution in [1.82, 2.24) is 52.2 Å². The van der Waals surface area contributed by atoms with Gasteiger partial charge in [-0.25, -0.2) is 9.78 Å². The summed E-state index contributed by atoms with van der Waals surface area (Å²) in [4.78, 5) is 135. The molecular formula is C51H73N15O11. The summed E-state index contributed by atoms with van der Waals surface area (Å²) < 4.78 is 0. The number of unbranched alkanes of at least 4 members (excludes halogenated alkanes) is 2. The number of para-hydroxylation sites is 1. The Labute approximate surface area is 444 Å². The topological polar surface area (TPSA) is 439 Å². The fourth-order valence-electron chi connectivity index (χ4n) is 8.13. The van der Waals surface area contributed by atoms with Gasteiger partial charge in [-0.3, -0.25) is 43.3 Å². The van der Waals surface area contributed by atoms with Crippen molar-refractivity contribution < 1.29 is 53.4 Å². The first-order chi connectivity index (χ1) is 36.9. The lowest BCUT2D eigenvalue weighted by atomic mass is 10.0. The molecule has 7 amide bonds. The maximum absolute atomic E-state index is 14.7. The Bertz CT molecular complexity index is 2610. The van der Waals surface area contributed by atoms with Gasteiger partial charge in [0.25, 0.3) is 0 Å². The van der Waals surface area contributed by atoms with Gasteiger partial charge in [0, 0.05) is 61.2 Å². The zero-order chi connectivity index (χ0) is 56.3. The zero-order valence-corrected chi connectivity index (χ0v) is 43.1.